The van der Waals surface area contributed by atoms with Crippen LogP contribution in [0.25, 0.3) is 104 Å². The monoisotopic (exact) mass is 792 g/mol. The van der Waals surface area contributed by atoms with Gasteiger partial charge in [-0.1, -0.05) is 140 Å². The summed E-state index contributed by atoms with van der Waals surface area (Å²) in [5, 5.41) is 9.30. The van der Waals surface area contributed by atoms with E-state index in [0.717, 1.165) is 88.9 Å². The van der Waals surface area contributed by atoms with E-state index in [4.69, 9.17) is 8.83 Å². The molecule has 13 rings (SSSR count). The summed E-state index contributed by atoms with van der Waals surface area (Å²) in [6, 6.07) is 78.1. The van der Waals surface area contributed by atoms with Crippen LogP contribution < -0.4 is 4.90 Å². The molecule has 0 bridgehead atoms. The summed E-state index contributed by atoms with van der Waals surface area (Å²) >= 11 is 0. The quantitative estimate of drug-likeness (QED) is 0.168. The summed E-state index contributed by atoms with van der Waals surface area (Å²) in [4.78, 5) is 2.39. The molecule has 0 fully saturated rings. The number of furan rings is 2. The first-order chi connectivity index (χ1) is 30.7. The van der Waals surface area contributed by atoms with Crippen LogP contribution in [0.1, 0.15) is 0 Å². The maximum absolute atomic E-state index is 6.48. The van der Waals surface area contributed by atoms with Gasteiger partial charge in [0.2, 0.25) is 0 Å². The van der Waals surface area contributed by atoms with Gasteiger partial charge in [-0.3, -0.25) is 0 Å². The molecule has 0 spiro atoms. The molecular weight excluding hydrogens is 757 g/mol. The summed E-state index contributed by atoms with van der Waals surface area (Å²) in [5.41, 5.74) is 14.6. The van der Waals surface area contributed by atoms with Crippen molar-refractivity contribution in [1.82, 2.24) is 4.57 Å². The fourth-order valence-corrected chi connectivity index (χ4v) is 9.71. The van der Waals surface area contributed by atoms with Crippen LogP contribution in [0.3, 0.4) is 0 Å². The molecule has 4 heteroatoms. The molecule has 10 aromatic carbocycles. The Hall–Kier alpha value is -8.34. The van der Waals surface area contributed by atoms with Gasteiger partial charge in [-0.05, 0) is 101 Å². The Bertz CT molecular complexity index is 3830. The van der Waals surface area contributed by atoms with Gasteiger partial charge >= 0.3 is 0 Å². The molecule has 0 aliphatic carbocycles. The average Bonchev–Trinajstić information content (AvgIpc) is 4.00. The molecule has 0 aliphatic rings. The van der Waals surface area contributed by atoms with Gasteiger partial charge in [0, 0.05) is 60.5 Å². The summed E-state index contributed by atoms with van der Waals surface area (Å²) in [5.74, 6) is 0. The first-order valence-corrected chi connectivity index (χ1v) is 21.1. The van der Waals surface area contributed by atoms with E-state index in [0.29, 0.717) is 0 Å². The molecule has 0 amide bonds. The SMILES string of the molecule is c1cc(N(c2ccc(-c3cccc4c3oc3ccccc34)cc2)c2ccccc2-c2ccc3oc4cc5ccccc5cc4c3c2)cc(-n2c3ccccc3c3ccccc32)c1. The number of benzene rings is 10. The fourth-order valence-electron chi connectivity index (χ4n) is 9.71. The molecule has 0 unspecified atom stereocenters. The Morgan fingerprint density at radius 3 is 1.77 bits per heavy atom. The number of aromatic nitrogens is 1. The lowest BCUT2D eigenvalue weighted by Crippen LogP contribution is -2.11. The number of hydrogen-bond donors (Lipinski definition) is 0. The van der Waals surface area contributed by atoms with Gasteiger partial charge in [0.05, 0.1) is 16.7 Å². The standard InChI is InChI=1S/C58H36N2O2/c1-2-14-39-35-57-51(33-38(39)13-1)50-34-40(29-32-56(50)61-57)44-17-3-7-23-52(44)59(41-30-27-37(28-31-41)45-21-12-22-49-48-20-6-10-26-55(48)62-58(45)49)42-15-11-16-43(36-42)60-53-24-8-4-18-46(53)47-19-5-9-25-54(47)60/h1-36H. The van der Waals surface area contributed by atoms with Gasteiger partial charge in [0.25, 0.3) is 0 Å². The predicted molar refractivity (Wildman–Crippen MR) is 258 cm³/mol. The van der Waals surface area contributed by atoms with Crippen LogP contribution in [0.5, 0.6) is 0 Å². The zero-order chi connectivity index (χ0) is 40.7. The maximum atomic E-state index is 6.48. The highest BCUT2D eigenvalue weighted by molar-refractivity contribution is 6.12. The smallest absolute Gasteiger partial charge is 0.143 e. The molecule has 62 heavy (non-hydrogen) atoms. The number of fused-ring (bicyclic) bond motifs is 10. The minimum absolute atomic E-state index is 0.877. The summed E-state index contributed by atoms with van der Waals surface area (Å²) in [6.07, 6.45) is 0. The van der Waals surface area contributed by atoms with Crippen molar-refractivity contribution in [3.63, 3.8) is 0 Å². The fraction of sp³-hybridized carbons (Fsp3) is 0. The number of hydrogen-bond acceptors (Lipinski definition) is 3. The van der Waals surface area contributed by atoms with Crippen molar-refractivity contribution in [2.45, 2.75) is 0 Å². The van der Waals surface area contributed by atoms with Crippen LogP contribution in [0, 0.1) is 0 Å². The van der Waals surface area contributed by atoms with Gasteiger partial charge < -0.3 is 18.3 Å². The van der Waals surface area contributed by atoms with Crippen LogP contribution in [0.4, 0.5) is 17.1 Å². The highest BCUT2D eigenvalue weighted by Gasteiger charge is 2.21. The van der Waals surface area contributed by atoms with Gasteiger partial charge in [0.1, 0.15) is 22.3 Å². The molecule has 4 nitrogen and oxygen atoms in total. The van der Waals surface area contributed by atoms with E-state index < -0.39 is 0 Å². The highest BCUT2D eigenvalue weighted by Crippen LogP contribution is 2.45. The van der Waals surface area contributed by atoms with Crippen LogP contribution in [-0.4, -0.2) is 4.57 Å². The zero-order valence-corrected chi connectivity index (χ0v) is 33.5. The van der Waals surface area contributed by atoms with E-state index in [2.05, 4.69) is 216 Å². The lowest BCUT2D eigenvalue weighted by atomic mass is 9.98. The molecule has 3 aromatic heterocycles. The Balaban J connectivity index is 1.00. The van der Waals surface area contributed by atoms with Gasteiger partial charge in [-0.15, -0.1) is 0 Å². The molecule has 0 N–H and O–H groups in total. The van der Waals surface area contributed by atoms with Crippen molar-refractivity contribution < 1.29 is 8.83 Å². The predicted octanol–water partition coefficient (Wildman–Crippen LogP) is 16.5. The zero-order valence-electron chi connectivity index (χ0n) is 33.5. The van der Waals surface area contributed by atoms with Crippen LogP contribution in [0.15, 0.2) is 227 Å². The minimum atomic E-state index is 0.877. The average molecular weight is 793 g/mol. The van der Waals surface area contributed by atoms with Crippen LogP contribution >= 0.6 is 0 Å². The van der Waals surface area contributed by atoms with Gasteiger partial charge in [0.15, 0.2) is 0 Å². The van der Waals surface area contributed by atoms with Crippen molar-refractivity contribution in [3.8, 4) is 27.9 Å². The molecule has 0 atom stereocenters. The first-order valence-electron chi connectivity index (χ1n) is 21.1. The topological polar surface area (TPSA) is 34.5 Å². The normalized spacial score (nSPS) is 11.9. The Morgan fingerprint density at radius 2 is 0.952 bits per heavy atom. The molecule has 0 aliphatic heterocycles. The molecule has 0 saturated heterocycles. The van der Waals surface area contributed by atoms with Gasteiger partial charge in [-0.2, -0.15) is 0 Å². The number of para-hydroxylation sites is 5. The van der Waals surface area contributed by atoms with Crippen LogP contribution in [0.2, 0.25) is 0 Å². The van der Waals surface area contributed by atoms with Gasteiger partial charge in [-0.25, -0.2) is 0 Å². The van der Waals surface area contributed by atoms with Crippen molar-refractivity contribution in [2.24, 2.45) is 0 Å². The lowest BCUT2D eigenvalue weighted by Gasteiger charge is -2.28. The molecule has 13 aromatic rings. The number of nitrogens with zero attached hydrogens (tertiary/aromatic N) is 2. The van der Waals surface area contributed by atoms with E-state index in [1.165, 1.54) is 32.6 Å². The molecular formula is C58H36N2O2. The van der Waals surface area contributed by atoms with E-state index in [9.17, 15) is 0 Å². The summed E-state index contributed by atoms with van der Waals surface area (Å²) in [7, 11) is 0. The highest BCUT2D eigenvalue weighted by atomic mass is 16.3. The van der Waals surface area contributed by atoms with E-state index in [-0.39, 0.29) is 0 Å². The van der Waals surface area contributed by atoms with Crippen LogP contribution in [-0.2, 0) is 0 Å². The van der Waals surface area contributed by atoms with E-state index in [1.54, 1.807) is 0 Å². The van der Waals surface area contributed by atoms with Crippen molar-refractivity contribution >= 4 is 93.5 Å². The van der Waals surface area contributed by atoms with Crippen molar-refractivity contribution in [1.29, 1.82) is 0 Å². The number of anilines is 3. The second-order valence-electron chi connectivity index (χ2n) is 16.1. The molecule has 290 valence electrons. The third-order valence-electron chi connectivity index (χ3n) is 12.6. The minimum Gasteiger partial charge on any atom is -0.456 e. The molecule has 0 radical (unpaired) electrons. The Kier molecular flexibility index (Phi) is 7.57. The summed E-state index contributed by atoms with van der Waals surface area (Å²) in [6.45, 7) is 0. The Labute approximate surface area is 356 Å². The third kappa shape index (κ3) is 5.33. The van der Waals surface area contributed by atoms with E-state index >= 15 is 0 Å². The maximum Gasteiger partial charge on any atom is 0.143 e. The largest absolute Gasteiger partial charge is 0.456 e. The van der Waals surface area contributed by atoms with E-state index in [1.807, 2.05) is 12.1 Å². The second-order valence-corrected chi connectivity index (χ2v) is 16.1. The molecule has 3 heterocycles. The van der Waals surface area contributed by atoms with Crippen molar-refractivity contribution in [2.75, 3.05) is 4.90 Å². The Morgan fingerprint density at radius 1 is 0.339 bits per heavy atom. The second kappa shape index (κ2) is 13.6. The number of rotatable bonds is 6. The van der Waals surface area contributed by atoms with Crippen molar-refractivity contribution in [3.05, 3.63) is 218 Å². The molecule has 0 saturated carbocycles. The first kappa shape index (κ1) is 34.5. The third-order valence-corrected chi connectivity index (χ3v) is 12.6. The summed E-state index contributed by atoms with van der Waals surface area (Å²) < 4.78 is 15.3. The lowest BCUT2D eigenvalue weighted by molar-refractivity contribution is 0.669.